The van der Waals surface area contributed by atoms with Gasteiger partial charge >= 0.3 is 5.69 Å². The summed E-state index contributed by atoms with van der Waals surface area (Å²) in [6, 6.07) is 1.71. The van der Waals surface area contributed by atoms with Crippen LogP contribution in [0, 0.1) is 5.92 Å². The molecule has 8 nitrogen and oxygen atoms in total. The number of halogens is 1. The molecule has 2 atom stereocenters. The molecule has 4 heterocycles. The first-order valence-corrected chi connectivity index (χ1v) is 7.96. The molecule has 9 heteroatoms. The van der Waals surface area contributed by atoms with Gasteiger partial charge in [-0.1, -0.05) is 6.92 Å². The number of hydrogen-bond donors (Lipinski definition) is 2. The molecular formula is C16H17FN6O2. The average Bonchev–Trinajstić information content (AvgIpc) is 3.11. The SMILES string of the molecule is C[C@@H]1CN(c2cc(-c3c[nH]c(=O)[nH]c3=O)nn3ccnc23)CC1(C)F. The van der Waals surface area contributed by atoms with Crippen molar-refractivity contribution >= 4 is 11.3 Å². The molecule has 1 aliphatic rings. The highest BCUT2D eigenvalue weighted by atomic mass is 19.1. The fourth-order valence-corrected chi connectivity index (χ4v) is 3.16. The van der Waals surface area contributed by atoms with Gasteiger partial charge in [-0.25, -0.2) is 18.7 Å². The number of aromatic nitrogens is 5. The van der Waals surface area contributed by atoms with Gasteiger partial charge in [0.2, 0.25) is 0 Å². The molecule has 0 aliphatic carbocycles. The monoisotopic (exact) mass is 344 g/mol. The zero-order valence-corrected chi connectivity index (χ0v) is 13.8. The molecule has 1 fully saturated rings. The quantitative estimate of drug-likeness (QED) is 0.721. The van der Waals surface area contributed by atoms with Crippen LogP contribution in [0.5, 0.6) is 0 Å². The summed E-state index contributed by atoms with van der Waals surface area (Å²) in [6.45, 7) is 4.25. The first kappa shape index (κ1) is 15.6. The Morgan fingerprint density at radius 2 is 2.20 bits per heavy atom. The van der Waals surface area contributed by atoms with Gasteiger partial charge in [-0.3, -0.25) is 9.78 Å². The van der Waals surface area contributed by atoms with Crippen molar-refractivity contribution in [2.45, 2.75) is 19.5 Å². The van der Waals surface area contributed by atoms with E-state index in [1.165, 1.54) is 6.20 Å². The molecule has 3 aromatic heterocycles. The van der Waals surface area contributed by atoms with E-state index in [9.17, 15) is 14.0 Å². The van der Waals surface area contributed by atoms with Crippen LogP contribution in [0.4, 0.5) is 10.1 Å². The molecule has 1 saturated heterocycles. The van der Waals surface area contributed by atoms with Gasteiger partial charge in [-0.05, 0) is 13.0 Å². The van der Waals surface area contributed by atoms with Crippen molar-refractivity contribution in [1.29, 1.82) is 0 Å². The van der Waals surface area contributed by atoms with Gasteiger partial charge < -0.3 is 9.88 Å². The zero-order chi connectivity index (χ0) is 17.8. The topological polar surface area (TPSA) is 99.2 Å². The van der Waals surface area contributed by atoms with E-state index in [-0.39, 0.29) is 18.0 Å². The standard InChI is InChI=1S/C16H17FN6O2/c1-9-7-22(8-16(9,2)17)12-5-11(21-23-4-3-18-13(12)23)10-6-19-15(25)20-14(10)24/h3-6,9H,7-8H2,1-2H3,(H2,19,20,24,25)/t9-,16?/m1/s1. The van der Waals surface area contributed by atoms with Crippen molar-refractivity contribution in [3.05, 3.63) is 45.5 Å². The molecule has 1 aliphatic heterocycles. The molecule has 3 aromatic rings. The van der Waals surface area contributed by atoms with Crippen LogP contribution in [-0.2, 0) is 0 Å². The summed E-state index contributed by atoms with van der Waals surface area (Å²) in [5, 5.41) is 4.38. The zero-order valence-electron chi connectivity index (χ0n) is 13.8. The van der Waals surface area contributed by atoms with Crippen LogP contribution in [0.2, 0.25) is 0 Å². The second kappa shape index (κ2) is 5.27. The van der Waals surface area contributed by atoms with Crippen molar-refractivity contribution in [1.82, 2.24) is 24.6 Å². The van der Waals surface area contributed by atoms with Crippen LogP contribution in [-0.4, -0.2) is 43.3 Å². The van der Waals surface area contributed by atoms with Crippen LogP contribution >= 0.6 is 0 Å². The lowest BCUT2D eigenvalue weighted by Crippen LogP contribution is -2.28. The summed E-state index contributed by atoms with van der Waals surface area (Å²) >= 11 is 0. The molecular weight excluding hydrogens is 327 g/mol. The van der Waals surface area contributed by atoms with Crippen LogP contribution in [0.15, 0.2) is 34.2 Å². The van der Waals surface area contributed by atoms with E-state index in [0.29, 0.717) is 23.6 Å². The Labute approximate surface area is 141 Å². The fourth-order valence-electron chi connectivity index (χ4n) is 3.16. The number of nitrogens with zero attached hydrogens (tertiary/aromatic N) is 4. The number of H-pyrrole nitrogens is 2. The van der Waals surface area contributed by atoms with E-state index < -0.39 is 16.9 Å². The third kappa shape index (κ3) is 2.51. The molecule has 130 valence electrons. The number of alkyl halides is 1. The van der Waals surface area contributed by atoms with Gasteiger partial charge in [0.25, 0.3) is 5.56 Å². The van der Waals surface area contributed by atoms with Crippen molar-refractivity contribution in [2.75, 3.05) is 18.0 Å². The fraction of sp³-hybridized carbons (Fsp3) is 0.375. The Morgan fingerprint density at radius 1 is 1.40 bits per heavy atom. The van der Waals surface area contributed by atoms with Crippen molar-refractivity contribution < 1.29 is 4.39 Å². The van der Waals surface area contributed by atoms with Gasteiger partial charge in [-0.2, -0.15) is 5.10 Å². The lowest BCUT2D eigenvalue weighted by Gasteiger charge is -2.20. The molecule has 0 saturated carbocycles. The van der Waals surface area contributed by atoms with Gasteiger partial charge in [0, 0.05) is 31.1 Å². The van der Waals surface area contributed by atoms with Crippen LogP contribution in [0.25, 0.3) is 16.9 Å². The Balaban J connectivity index is 1.89. The lowest BCUT2D eigenvalue weighted by atomic mass is 9.97. The summed E-state index contributed by atoms with van der Waals surface area (Å²) in [7, 11) is 0. The summed E-state index contributed by atoms with van der Waals surface area (Å²) in [5.41, 5.74) is -0.526. The minimum Gasteiger partial charge on any atom is -0.365 e. The third-order valence-corrected chi connectivity index (χ3v) is 4.80. The van der Waals surface area contributed by atoms with Crippen LogP contribution in [0.3, 0.4) is 0 Å². The number of aromatic amines is 2. The molecule has 2 N–H and O–H groups in total. The number of imidazole rings is 1. The van der Waals surface area contributed by atoms with E-state index in [1.54, 1.807) is 29.9 Å². The van der Waals surface area contributed by atoms with Gasteiger partial charge in [0.05, 0.1) is 17.8 Å². The van der Waals surface area contributed by atoms with Crippen LogP contribution < -0.4 is 16.1 Å². The Kier molecular flexibility index (Phi) is 3.28. The number of nitrogens with one attached hydrogen (secondary N) is 2. The Bertz CT molecular complexity index is 1070. The minimum atomic E-state index is -1.30. The molecule has 0 bridgehead atoms. The lowest BCUT2D eigenvalue weighted by molar-refractivity contribution is 0.164. The smallest absolute Gasteiger partial charge is 0.325 e. The summed E-state index contributed by atoms with van der Waals surface area (Å²) in [4.78, 5) is 34.2. The van der Waals surface area contributed by atoms with Crippen LogP contribution in [0.1, 0.15) is 13.8 Å². The third-order valence-electron chi connectivity index (χ3n) is 4.80. The predicted molar refractivity (Wildman–Crippen MR) is 90.6 cm³/mol. The maximum atomic E-state index is 14.6. The Hall–Kier alpha value is -2.97. The highest BCUT2D eigenvalue weighted by Gasteiger charge is 2.41. The van der Waals surface area contributed by atoms with Gasteiger partial charge in [-0.15, -0.1) is 0 Å². The average molecular weight is 344 g/mol. The van der Waals surface area contributed by atoms with E-state index in [0.717, 1.165) is 0 Å². The number of hydrogen-bond acceptors (Lipinski definition) is 5. The first-order chi connectivity index (χ1) is 11.8. The first-order valence-electron chi connectivity index (χ1n) is 7.96. The second-order valence-electron chi connectivity index (χ2n) is 6.66. The normalized spacial score (nSPS) is 23.5. The van der Waals surface area contributed by atoms with Gasteiger partial charge in [0.15, 0.2) is 5.65 Å². The Morgan fingerprint density at radius 3 is 2.88 bits per heavy atom. The largest absolute Gasteiger partial charge is 0.365 e. The van der Waals surface area contributed by atoms with Crippen molar-refractivity contribution in [3.63, 3.8) is 0 Å². The molecule has 0 radical (unpaired) electrons. The minimum absolute atomic E-state index is 0.129. The van der Waals surface area contributed by atoms with E-state index in [4.69, 9.17) is 0 Å². The number of fused-ring (bicyclic) bond motifs is 1. The second-order valence-corrected chi connectivity index (χ2v) is 6.66. The predicted octanol–water partition coefficient (Wildman–Crippen LogP) is 0.957. The maximum Gasteiger partial charge on any atom is 0.325 e. The highest BCUT2D eigenvalue weighted by molar-refractivity contribution is 5.74. The van der Waals surface area contributed by atoms with E-state index in [1.807, 2.05) is 11.8 Å². The molecule has 0 amide bonds. The summed E-state index contributed by atoms with van der Waals surface area (Å²) in [5.74, 6) is -0.129. The highest BCUT2D eigenvalue weighted by Crippen LogP contribution is 2.36. The number of rotatable bonds is 2. The molecule has 0 spiro atoms. The van der Waals surface area contributed by atoms with E-state index >= 15 is 0 Å². The molecule has 1 unspecified atom stereocenters. The molecule has 0 aromatic carbocycles. The van der Waals surface area contributed by atoms with Crippen molar-refractivity contribution in [3.8, 4) is 11.3 Å². The molecule has 4 rings (SSSR count). The van der Waals surface area contributed by atoms with E-state index in [2.05, 4.69) is 20.1 Å². The van der Waals surface area contributed by atoms with Crippen molar-refractivity contribution in [2.24, 2.45) is 5.92 Å². The summed E-state index contributed by atoms with van der Waals surface area (Å²) < 4.78 is 16.2. The molecule has 25 heavy (non-hydrogen) atoms. The maximum absolute atomic E-state index is 14.6. The summed E-state index contributed by atoms with van der Waals surface area (Å²) in [6.07, 6.45) is 4.58. The van der Waals surface area contributed by atoms with Gasteiger partial charge in [0.1, 0.15) is 11.4 Å². The number of anilines is 1.